The number of likely N-dealkylation sites (tertiary alicyclic amines) is 1. The molecule has 0 aliphatic carbocycles. The normalized spacial score (nSPS) is 18.1. The van der Waals surface area contributed by atoms with Gasteiger partial charge in [-0.3, -0.25) is 14.3 Å². The first-order valence-corrected chi connectivity index (χ1v) is 12.0. The number of aromatic nitrogens is 4. The van der Waals surface area contributed by atoms with Crippen molar-refractivity contribution in [2.75, 3.05) is 13.1 Å². The summed E-state index contributed by atoms with van der Waals surface area (Å²) in [6, 6.07) is 13.4. The summed E-state index contributed by atoms with van der Waals surface area (Å²) in [5, 5.41) is 7.93. The minimum Gasteiger partial charge on any atom is -0.347 e. The maximum Gasteiger partial charge on any atom is 0.269 e. The van der Waals surface area contributed by atoms with E-state index in [0.717, 1.165) is 17.0 Å². The molecule has 4 heterocycles. The Morgan fingerprint density at radius 1 is 1.14 bits per heavy atom. The maximum absolute atomic E-state index is 13.5. The van der Waals surface area contributed by atoms with Gasteiger partial charge < -0.3 is 14.6 Å². The van der Waals surface area contributed by atoms with Crippen molar-refractivity contribution in [3.05, 3.63) is 88.1 Å². The van der Waals surface area contributed by atoms with Crippen LogP contribution in [0.2, 0.25) is 5.02 Å². The van der Waals surface area contributed by atoms with Crippen molar-refractivity contribution >= 4 is 29.1 Å². The van der Waals surface area contributed by atoms with Gasteiger partial charge in [0.2, 0.25) is 0 Å². The van der Waals surface area contributed by atoms with Gasteiger partial charge in [-0.2, -0.15) is 5.10 Å². The van der Waals surface area contributed by atoms with Crippen LogP contribution >= 0.6 is 11.6 Å². The molecule has 0 saturated carbocycles. The molecule has 2 amide bonds. The van der Waals surface area contributed by atoms with Gasteiger partial charge in [-0.1, -0.05) is 41.9 Å². The molecule has 3 aromatic heterocycles. The van der Waals surface area contributed by atoms with Gasteiger partial charge in [0.05, 0.1) is 16.3 Å². The topological polar surface area (TPSA) is 84.5 Å². The minimum absolute atomic E-state index is 0.0543. The number of nitrogens with one attached hydrogen (secondary N) is 1. The Morgan fingerprint density at radius 3 is 2.63 bits per heavy atom. The molecule has 0 radical (unpaired) electrons. The highest BCUT2D eigenvalue weighted by molar-refractivity contribution is 6.33. The summed E-state index contributed by atoms with van der Waals surface area (Å²) in [6.45, 7) is 4.79. The zero-order valence-electron chi connectivity index (χ0n) is 19.9. The second kappa shape index (κ2) is 9.19. The first-order chi connectivity index (χ1) is 16.8. The van der Waals surface area contributed by atoms with Crippen LogP contribution in [0.1, 0.15) is 50.1 Å². The fraction of sp³-hybridized carbons (Fsp3) is 0.308. The lowest BCUT2D eigenvalue weighted by atomic mass is 9.85. The molecule has 1 fully saturated rings. The Labute approximate surface area is 208 Å². The van der Waals surface area contributed by atoms with Gasteiger partial charge in [-0.05, 0) is 38.0 Å². The van der Waals surface area contributed by atoms with Crippen LogP contribution in [0.15, 0.2) is 54.9 Å². The molecule has 1 aliphatic rings. The highest BCUT2D eigenvalue weighted by Gasteiger charge is 2.34. The number of hydrogen-bond acceptors (Lipinski definition) is 4. The number of fused-ring (bicyclic) bond motifs is 1. The summed E-state index contributed by atoms with van der Waals surface area (Å²) < 4.78 is 3.44. The zero-order valence-corrected chi connectivity index (χ0v) is 20.7. The lowest BCUT2D eigenvalue weighted by Gasteiger charge is -2.39. The quantitative estimate of drug-likeness (QED) is 0.472. The van der Waals surface area contributed by atoms with Gasteiger partial charge in [0, 0.05) is 50.2 Å². The predicted octanol–water partition coefficient (Wildman–Crippen LogP) is 3.77. The third-order valence-electron chi connectivity index (χ3n) is 6.67. The van der Waals surface area contributed by atoms with Gasteiger partial charge in [-0.15, -0.1) is 0 Å². The number of pyridine rings is 1. The number of imidazole rings is 1. The van der Waals surface area contributed by atoms with Gasteiger partial charge >= 0.3 is 0 Å². The molecule has 35 heavy (non-hydrogen) atoms. The van der Waals surface area contributed by atoms with Gasteiger partial charge in [0.25, 0.3) is 11.8 Å². The van der Waals surface area contributed by atoms with E-state index in [1.54, 1.807) is 36.3 Å². The Balaban J connectivity index is 1.41. The zero-order chi connectivity index (χ0) is 24.7. The first-order valence-electron chi connectivity index (χ1n) is 11.6. The number of halogens is 1. The lowest BCUT2D eigenvalue weighted by molar-refractivity contribution is 0.0670. The fourth-order valence-electron chi connectivity index (χ4n) is 4.88. The molecule has 0 unspecified atom stereocenters. The third kappa shape index (κ3) is 4.41. The monoisotopic (exact) mass is 490 g/mol. The molecule has 2 atom stereocenters. The summed E-state index contributed by atoms with van der Waals surface area (Å²) in [7, 11) is 1.77. The van der Waals surface area contributed by atoms with Crippen molar-refractivity contribution in [2.24, 2.45) is 7.05 Å². The Morgan fingerprint density at radius 2 is 1.91 bits per heavy atom. The molecule has 4 aromatic rings. The second-order valence-corrected chi connectivity index (χ2v) is 9.51. The maximum atomic E-state index is 13.5. The van der Waals surface area contributed by atoms with Crippen molar-refractivity contribution in [1.29, 1.82) is 0 Å². The summed E-state index contributed by atoms with van der Waals surface area (Å²) in [6.07, 6.45) is 4.16. The summed E-state index contributed by atoms with van der Waals surface area (Å²) in [4.78, 5) is 32.7. The average molecular weight is 491 g/mol. The molecule has 5 rings (SSSR count). The van der Waals surface area contributed by atoms with E-state index in [-0.39, 0.29) is 23.8 Å². The number of hydrogen-bond donors (Lipinski definition) is 1. The molecule has 1 aliphatic heterocycles. The molecular formula is C26H27ClN6O2. The van der Waals surface area contributed by atoms with E-state index in [0.29, 0.717) is 41.4 Å². The number of carbonyl (C=O) groups excluding carboxylic acids is 2. The number of rotatable bonds is 4. The average Bonchev–Trinajstić information content (AvgIpc) is 3.40. The largest absolute Gasteiger partial charge is 0.347 e. The molecule has 0 spiro atoms. The van der Waals surface area contributed by atoms with Crippen LogP contribution < -0.4 is 5.32 Å². The number of benzene rings is 1. The van der Waals surface area contributed by atoms with E-state index in [1.165, 1.54) is 0 Å². The number of amides is 2. The van der Waals surface area contributed by atoms with Crippen molar-refractivity contribution in [3.63, 3.8) is 0 Å². The molecule has 8 nitrogen and oxygen atoms in total. The van der Waals surface area contributed by atoms with E-state index in [1.807, 2.05) is 53.5 Å². The van der Waals surface area contributed by atoms with Crippen molar-refractivity contribution in [1.82, 2.24) is 29.4 Å². The standard InChI is InChI=1S/C26H27ClN6O2/c1-16-11-23(31(3)30-16)25(34)29-22-9-10-32(15-20(22)18-7-5-4-6-8-18)26(35)19-12-21(27)24-28-13-17(2)33(24)14-19/h4-8,11-14,20,22H,9-10,15H2,1-3H3,(H,29,34)/t20-,22-/m1/s1. The van der Waals surface area contributed by atoms with Crippen LogP contribution in [0, 0.1) is 13.8 Å². The van der Waals surface area contributed by atoms with E-state index < -0.39 is 0 Å². The van der Waals surface area contributed by atoms with Crippen LogP contribution in [-0.4, -0.2) is 55.0 Å². The minimum atomic E-state index is -0.161. The van der Waals surface area contributed by atoms with Crippen LogP contribution in [0.3, 0.4) is 0 Å². The van der Waals surface area contributed by atoms with Crippen molar-refractivity contribution < 1.29 is 9.59 Å². The number of aryl methyl sites for hydroxylation is 3. The van der Waals surface area contributed by atoms with Crippen molar-refractivity contribution in [2.45, 2.75) is 32.2 Å². The molecule has 1 saturated heterocycles. The molecule has 180 valence electrons. The summed E-state index contributed by atoms with van der Waals surface area (Å²) >= 11 is 6.43. The number of nitrogens with zero attached hydrogens (tertiary/aromatic N) is 5. The van der Waals surface area contributed by atoms with Crippen molar-refractivity contribution in [3.8, 4) is 0 Å². The smallest absolute Gasteiger partial charge is 0.269 e. The Hall–Kier alpha value is -3.65. The lowest BCUT2D eigenvalue weighted by Crippen LogP contribution is -2.51. The Kier molecular flexibility index (Phi) is 6.06. The van der Waals surface area contributed by atoms with E-state index in [4.69, 9.17) is 11.6 Å². The molecular weight excluding hydrogens is 464 g/mol. The first kappa shape index (κ1) is 23.1. The van der Waals surface area contributed by atoms with Crippen LogP contribution in [0.4, 0.5) is 0 Å². The number of carbonyl (C=O) groups is 2. The molecule has 9 heteroatoms. The van der Waals surface area contributed by atoms with Gasteiger partial charge in [0.15, 0.2) is 5.65 Å². The Bertz CT molecular complexity index is 1410. The van der Waals surface area contributed by atoms with Crippen LogP contribution in [-0.2, 0) is 7.05 Å². The van der Waals surface area contributed by atoms with E-state index >= 15 is 0 Å². The SMILES string of the molecule is Cc1cc(C(=O)N[C@@H]2CCN(C(=O)c3cc(Cl)c4ncc(C)n4c3)C[C@@H]2c2ccccc2)n(C)n1. The molecule has 1 N–H and O–H groups in total. The van der Waals surface area contributed by atoms with E-state index in [9.17, 15) is 9.59 Å². The van der Waals surface area contributed by atoms with E-state index in [2.05, 4.69) is 15.4 Å². The summed E-state index contributed by atoms with van der Waals surface area (Å²) in [5.41, 5.74) is 4.45. The van der Waals surface area contributed by atoms with Crippen LogP contribution in [0.25, 0.3) is 5.65 Å². The van der Waals surface area contributed by atoms with Crippen LogP contribution in [0.5, 0.6) is 0 Å². The molecule has 0 bridgehead atoms. The fourth-order valence-corrected chi connectivity index (χ4v) is 5.13. The highest BCUT2D eigenvalue weighted by Crippen LogP contribution is 2.29. The van der Waals surface area contributed by atoms with Gasteiger partial charge in [-0.25, -0.2) is 4.98 Å². The second-order valence-electron chi connectivity index (χ2n) is 9.10. The highest BCUT2D eigenvalue weighted by atomic mass is 35.5. The number of piperidine rings is 1. The predicted molar refractivity (Wildman–Crippen MR) is 134 cm³/mol. The third-order valence-corrected chi connectivity index (χ3v) is 6.95. The van der Waals surface area contributed by atoms with Gasteiger partial charge in [0.1, 0.15) is 5.69 Å². The summed E-state index contributed by atoms with van der Waals surface area (Å²) in [5.74, 6) is -0.303. The molecule has 1 aromatic carbocycles.